The largest absolute Gasteiger partial charge is 0.493 e. The predicted octanol–water partition coefficient (Wildman–Crippen LogP) is 6.26. The summed E-state index contributed by atoms with van der Waals surface area (Å²) >= 11 is 0. The first-order chi connectivity index (χ1) is 13.4. The van der Waals surface area contributed by atoms with E-state index in [2.05, 4.69) is 62.8 Å². The highest BCUT2D eigenvalue weighted by molar-refractivity contribution is 6.09. The highest BCUT2D eigenvalue weighted by Gasteiger charge is 2.38. The first-order valence-electron chi connectivity index (χ1n) is 10.4. The summed E-state index contributed by atoms with van der Waals surface area (Å²) < 4.78 is 12.4. The van der Waals surface area contributed by atoms with Gasteiger partial charge in [0.05, 0.1) is 18.3 Å². The summed E-state index contributed by atoms with van der Waals surface area (Å²) in [5.41, 5.74) is 3.05. The molecule has 1 radical (unpaired) electrons. The molecule has 1 aliphatic rings. The Kier molecular flexibility index (Phi) is 4.76. The summed E-state index contributed by atoms with van der Waals surface area (Å²) in [6, 6.07) is 6.24. The van der Waals surface area contributed by atoms with E-state index in [0.29, 0.717) is 24.2 Å². The van der Waals surface area contributed by atoms with E-state index < -0.39 is 0 Å². The lowest BCUT2D eigenvalue weighted by Gasteiger charge is -2.41. The highest BCUT2D eigenvalue weighted by Crippen LogP contribution is 2.46. The van der Waals surface area contributed by atoms with E-state index in [1.165, 1.54) is 23.9 Å². The van der Waals surface area contributed by atoms with Crippen LogP contribution in [-0.4, -0.2) is 22.7 Å². The zero-order valence-electron chi connectivity index (χ0n) is 17.6. The fraction of sp³-hybridized carbons (Fsp3) is 0.500. The second kappa shape index (κ2) is 6.98. The number of methoxy groups -OCH3 is 1. The first kappa shape index (κ1) is 19.1. The first-order valence-corrected chi connectivity index (χ1v) is 10.4. The number of aromatic nitrogens is 2. The smallest absolute Gasteiger partial charge is 0.164 e. The average molecular weight is 380 g/mol. The van der Waals surface area contributed by atoms with Gasteiger partial charge in [-0.25, -0.2) is 0 Å². The molecule has 3 aromatic rings. The van der Waals surface area contributed by atoms with Crippen molar-refractivity contribution < 1.29 is 9.47 Å². The number of H-pyrrole nitrogens is 1. The van der Waals surface area contributed by atoms with Crippen LogP contribution in [-0.2, 0) is 0 Å². The third-order valence-corrected chi connectivity index (χ3v) is 6.43. The molecule has 1 saturated carbocycles. The van der Waals surface area contributed by atoms with Crippen molar-refractivity contribution in [3.8, 4) is 11.5 Å². The van der Waals surface area contributed by atoms with Crippen LogP contribution in [0.1, 0.15) is 58.6 Å². The van der Waals surface area contributed by atoms with Gasteiger partial charge in [-0.1, -0.05) is 27.7 Å². The molecule has 1 aliphatic carbocycles. The molecule has 0 atom stereocenters. The summed E-state index contributed by atoms with van der Waals surface area (Å²) in [7, 11) is 1.71. The molecule has 4 nitrogen and oxygen atoms in total. The number of rotatable bonds is 7. The standard InChI is InChI=1S/C24H31N2O2/c1-7-24(14(2)3,15(4)5)28-21-13-19-17(12-20(21)27-6)22-18(26-19)10-11-25-23(22)16-8-9-16/h10-16,26H,1,7-9H2,2-6H3. The van der Waals surface area contributed by atoms with Gasteiger partial charge in [0.25, 0.3) is 0 Å². The van der Waals surface area contributed by atoms with Gasteiger partial charge in [0, 0.05) is 34.5 Å². The van der Waals surface area contributed by atoms with Crippen LogP contribution in [0.5, 0.6) is 11.5 Å². The van der Waals surface area contributed by atoms with Gasteiger partial charge >= 0.3 is 0 Å². The Balaban J connectivity index is 1.88. The molecule has 0 amide bonds. The van der Waals surface area contributed by atoms with Gasteiger partial charge in [-0.15, -0.1) is 0 Å². The van der Waals surface area contributed by atoms with Crippen LogP contribution >= 0.6 is 0 Å². The van der Waals surface area contributed by atoms with Gasteiger partial charge in [0.15, 0.2) is 11.5 Å². The topological polar surface area (TPSA) is 47.1 Å². The van der Waals surface area contributed by atoms with Crippen LogP contribution in [0.15, 0.2) is 24.4 Å². The molecular formula is C24H31N2O2. The Bertz CT molecular complexity index is 991. The maximum absolute atomic E-state index is 6.67. The molecule has 0 bridgehead atoms. The van der Waals surface area contributed by atoms with Crippen LogP contribution in [0, 0.1) is 18.8 Å². The summed E-state index contributed by atoms with van der Waals surface area (Å²) in [6.45, 7) is 13.0. The molecule has 1 N–H and O–H groups in total. The van der Waals surface area contributed by atoms with E-state index in [0.717, 1.165) is 27.9 Å². The van der Waals surface area contributed by atoms with E-state index in [9.17, 15) is 0 Å². The van der Waals surface area contributed by atoms with Crippen LogP contribution in [0.25, 0.3) is 21.8 Å². The van der Waals surface area contributed by atoms with E-state index in [1.807, 2.05) is 6.20 Å². The Morgan fingerprint density at radius 3 is 2.43 bits per heavy atom. The minimum atomic E-state index is -0.340. The van der Waals surface area contributed by atoms with Gasteiger partial charge < -0.3 is 14.5 Å². The van der Waals surface area contributed by atoms with Crippen molar-refractivity contribution in [2.24, 2.45) is 11.8 Å². The SMILES string of the molecule is [CH2]CC(Oc1cc2[nH]c3ccnc(C4CC4)c3c2cc1OC)(C(C)C)C(C)C. The minimum absolute atomic E-state index is 0.332. The third kappa shape index (κ3) is 2.94. The Hall–Kier alpha value is -2.23. The highest BCUT2D eigenvalue weighted by atomic mass is 16.5. The summed E-state index contributed by atoms with van der Waals surface area (Å²) in [4.78, 5) is 8.25. The van der Waals surface area contributed by atoms with Crippen LogP contribution in [0.4, 0.5) is 0 Å². The number of hydrogen-bond donors (Lipinski definition) is 1. The molecule has 4 heteroatoms. The maximum Gasteiger partial charge on any atom is 0.164 e. The molecule has 4 rings (SSSR count). The van der Waals surface area contributed by atoms with Crippen molar-refractivity contribution in [3.05, 3.63) is 37.0 Å². The summed E-state index contributed by atoms with van der Waals surface area (Å²) in [6.07, 6.45) is 5.06. The van der Waals surface area contributed by atoms with Gasteiger partial charge in [-0.3, -0.25) is 4.98 Å². The van der Waals surface area contributed by atoms with E-state index >= 15 is 0 Å². The van der Waals surface area contributed by atoms with Crippen LogP contribution in [0.3, 0.4) is 0 Å². The van der Waals surface area contributed by atoms with E-state index in [1.54, 1.807) is 7.11 Å². The molecule has 0 saturated heterocycles. The number of aromatic amines is 1. The second-order valence-corrected chi connectivity index (χ2v) is 8.68. The van der Waals surface area contributed by atoms with E-state index in [-0.39, 0.29) is 5.60 Å². The normalized spacial score (nSPS) is 15.1. The van der Waals surface area contributed by atoms with Crippen molar-refractivity contribution in [3.63, 3.8) is 0 Å². The molecule has 2 heterocycles. The predicted molar refractivity (Wildman–Crippen MR) is 115 cm³/mol. The monoisotopic (exact) mass is 379 g/mol. The quantitative estimate of drug-likeness (QED) is 0.527. The molecule has 0 aliphatic heterocycles. The van der Waals surface area contributed by atoms with Gasteiger partial charge in [0.1, 0.15) is 5.60 Å². The van der Waals surface area contributed by atoms with Crippen LogP contribution in [0.2, 0.25) is 0 Å². The lowest BCUT2D eigenvalue weighted by atomic mass is 9.78. The van der Waals surface area contributed by atoms with Gasteiger partial charge in [-0.05, 0) is 50.2 Å². The minimum Gasteiger partial charge on any atom is -0.493 e. The Morgan fingerprint density at radius 2 is 1.86 bits per heavy atom. The zero-order valence-corrected chi connectivity index (χ0v) is 17.6. The second-order valence-electron chi connectivity index (χ2n) is 8.68. The fourth-order valence-electron chi connectivity index (χ4n) is 4.52. The van der Waals surface area contributed by atoms with Crippen molar-refractivity contribution in [1.82, 2.24) is 9.97 Å². The van der Waals surface area contributed by atoms with Crippen molar-refractivity contribution >= 4 is 21.8 Å². The lowest BCUT2D eigenvalue weighted by molar-refractivity contribution is -0.0207. The summed E-state index contributed by atoms with van der Waals surface area (Å²) in [5.74, 6) is 2.79. The number of nitrogens with zero attached hydrogens (tertiary/aromatic N) is 1. The number of hydrogen-bond acceptors (Lipinski definition) is 3. The van der Waals surface area contributed by atoms with E-state index in [4.69, 9.17) is 9.47 Å². The molecule has 28 heavy (non-hydrogen) atoms. The van der Waals surface area contributed by atoms with Crippen molar-refractivity contribution in [2.75, 3.05) is 7.11 Å². The number of ether oxygens (including phenoxy) is 2. The fourth-order valence-corrected chi connectivity index (χ4v) is 4.52. The average Bonchev–Trinajstić information content (AvgIpc) is 3.45. The summed E-state index contributed by atoms with van der Waals surface area (Å²) in [5, 5.41) is 2.38. The maximum atomic E-state index is 6.67. The third-order valence-electron chi connectivity index (χ3n) is 6.43. The molecule has 2 aromatic heterocycles. The number of nitrogens with one attached hydrogen (secondary N) is 1. The molecule has 0 spiro atoms. The number of pyridine rings is 1. The Morgan fingerprint density at radius 1 is 1.14 bits per heavy atom. The Labute approximate surface area is 167 Å². The molecular weight excluding hydrogens is 348 g/mol. The van der Waals surface area contributed by atoms with Crippen molar-refractivity contribution in [2.45, 2.75) is 58.5 Å². The zero-order chi connectivity index (χ0) is 20.1. The molecule has 149 valence electrons. The van der Waals surface area contributed by atoms with Gasteiger partial charge in [-0.2, -0.15) is 0 Å². The van der Waals surface area contributed by atoms with Crippen molar-refractivity contribution in [1.29, 1.82) is 0 Å². The number of fused-ring (bicyclic) bond motifs is 3. The molecule has 1 aromatic carbocycles. The van der Waals surface area contributed by atoms with Crippen LogP contribution < -0.4 is 9.47 Å². The van der Waals surface area contributed by atoms with Gasteiger partial charge in [0.2, 0.25) is 0 Å². The number of benzene rings is 1. The molecule has 1 fully saturated rings. The lowest BCUT2D eigenvalue weighted by Crippen LogP contribution is -2.46. The molecule has 0 unspecified atom stereocenters.